The second kappa shape index (κ2) is 4.58. The van der Waals surface area contributed by atoms with Gasteiger partial charge in [-0.15, -0.1) is 0 Å². The SMILES string of the molecule is CC(C)(CNC(=O)C1(N)CC1)C1CCOCC1. The van der Waals surface area contributed by atoms with E-state index in [1.165, 1.54) is 0 Å². The maximum Gasteiger partial charge on any atom is 0.240 e. The molecule has 0 aromatic heterocycles. The molecule has 1 saturated heterocycles. The predicted octanol–water partition coefficient (Wildman–Crippen LogP) is 1.05. The Kier molecular flexibility index (Phi) is 3.46. The maximum absolute atomic E-state index is 11.8. The van der Waals surface area contributed by atoms with E-state index in [0.29, 0.717) is 5.92 Å². The van der Waals surface area contributed by atoms with Crippen molar-refractivity contribution in [2.45, 2.75) is 45.1 Å². The van der Waals surface area contributed by atoms with Gasteiger partial charge >= 0.3 is 0 Å². The molecule has 1 amide bonds. The first-order chi connectivity index (χ1) is 7.94. The molecule has 4 heteroatoms. The zero-order chi connectivity index (χ0) is 12.5. The van der Waals surface area contributed by atoms with Gasteiger partial charge in [-0.2, -0.15) is 0 Å². The lowest BCUT2D eigenvalue weighted by Crippen LogP contribution is -2.47. The quantitative estimate of drug-likeness (QED) is 0.772. The van der Waals surface area contributed by atoms with Crippen molar-refractivity contribution in [2.24, 2.45) is 17.1 Å². The van der Waals surface area contributed by atoms with E-state index in [1.54, 1.807) is 0 Å². The van der Waals surface area contributed by atoms with Crippen molar-refractivity contribution in [3.05, 3.63) is 0 Å². The Bertz CT molecular complexity index is 292. The summed E-state index contributed by atoms with van der Waals surface area (Å²) < 4.78 is 5.38. The van der Waals surface area contributed by atoms with Gasteiger partial charge in [-0.05, 0) is 37.0 Å². The van der Waals surface area contributed by atoms with E-state index < -0.39 is 5.54 Å². The molecule has 17 heavy (non-hydrogen) atoms. The van der Waals surface area contributed by atoms with E-state index in [0.717, 1.165) is 45.4 Å². The van der Waals surface area contributed by atoms with Crippen molar-refractivity contribution in [3.63, 3.8) is 0 Å². The van der Waals surface area contributed by atoms with Crippen molar-refractivity contribution in [1.82, 2.24) is 5.32 Å². The van der Waals surface area contributed by atoms with Gasteiger partial charge < -0.3 is 15.8 Å². The molecule has 0 unspecified atom stereocenters. The van der Waals surface area contributed by atoms with Gasteiger partial charge in [0, 0.05) is 19.8 Å². The summed E-state index contributed by atoms with van der Waals surface area (Å²) in [6.07, 6.45) is 3.85. The van der Waals surface area contributed by atoms with Gasteiger partial charge in [-0.3, -0.25) is 4.79 Å². The Morgan fingerprint density at radius 1 is 1.41 bits per heavy atom. The van der Waals surface area contributed by atoms with E-state index in [9.17, 15) is 4.79 Å². The highest BCUT2D eigenvalue weighted by atomic mass is 16.5. The van der Waals surface area contributed by atoms with E-state index in [-0.39, 0.29) is 11.3 Å². The van der Waals surface area contributed by atoms with Crippen LogP contribution in [0.3, 0.4) is 0 Å². The van der Waals surface area contributed by atoms with E-state index >= 15 is 0 Å². The highest BCUT2D eigenvalue weighted by Gasteiger charge is 2.46. The van der Waals surface area contributed by atoms with Gasteiger partial charge in [0.2, 0.25) is 5.91 Å². The Balaban J connectivity index is 1.81. The van der Waals surface area contributed by atoms with Crippen LogP contribution in [0.5, 0.6) is 0 Å². The van der Waals surface area contributed by atoms with Gasteiger partial charge in [0.1, 0.15) is 0 Å². The number of amides is 1. The summed E-state index contributed by atoms with van der Waals surface area (Å²) >= 11 is 0. The number of rotatable bonds is 4. The molecule has 3 N–H and O–H groups in total. The summed E-state index contributed by atoms with van der Waals surface area (Å²) in [5.74, 6) is 0.655. The molecule has 1 heterocycles. The maximum atomic E-state index is 11.8. The largest absolute Gasteiger partial charge is 0.381 e. The Hall–Kier alpha value is -0.610. The lowest BCUT2D eigenvalue weighted by atomic mass is 9.74. The van der Waals surface area contributed by atoms with Crippen LogP contribution in [0.2, 0.25) is 0 Å². The molecule has 1 aliphatic heterocycles. The zero-order valence-corrected chi connectivity index (χ0v) is 10.9. The summed E-state index contributed by atoms with van der Waals surface area (Å²) in [4.78, 5) is 11.8. The highest BCUT2D eigenvalue weighted by molar-refractivity contribution is 5.88. The van der Waals surface area contributed by atoms with E-state index in [1.807, 2.05) is 0 Å². The molecule has 2 fully saturated rings. The first-order valence-electron chi connectivity index (χ1n) is 6.59. The lowest BCUT2D eigenvalue weighted by molar-refractivity contribution is -0.124. The van der Waals surface area contributed by atoms with Crippen LogP contribution in [0.1, 0.15) is 39.5 Å². The first kappa shape index (κ1) is 12.8. The fourth-order valence-corrected chi connectivity index (χ4v) is 2.47. The fourth-order valence-electron chi connectivity index (χ4n) is 2.47. The Labute approximate surface area is 103 Å². The number of nitrogens with one attached hydrogen (secondary N) is 1. The van der Waals surface area contributed by atoms with Crippen LogP contribution in [0.25, 0.3) is 0 Å². The monoisotopic (exact) mass is 240 g/mol. The van der Waals surface area contributed by atoms with Crippen molar-refractivity contribution in [3.8, 4) is 0 Å². The third kappa shape index (κ3) is 2.99. The van der Waals surface area contributed by atoms with Gasteiger partial charge in [0.25, 0.3) is 0 Å². The zero-order valence-electron chi connectivity index (χ0n) is 10.9. The number of hydrogen-bond donors (Lipinski definition) is 2. The number of nitrogens with two attached hydrogens (primary N) is 1. The molecule has 2 aliphatic rings. The second-order valence-corrected chi connectivity index (χ2v) is 6.21. The lowest BCUT2D eigenvalue weighted by Gasteiger charge is -2.37. The summed E-state index contributed by atoms with van der Waals surface area (Å²) in [5.41, 5.74) is 5.45. The number of carbonyl (C=O) groups is 1. The molecule has 1 saturated carbocycles. The molecule has 0 spiro atoms. The van der Waals surface area contributed by atoms with Crippen LogP contribution >= 0.6 is 0 Å². The average molecular weight is 240 g/mol. The molecular formula is C13H24N2O2. The molecule has 98 valence electrons. The Morgan fingerprint density at radius 3 is 2.53 bits per heavy atom. The highest BCUT2D eigenvalue weighted by Crippen LogP contribution is 2.35. The van der Waals surface area contributed by atoms with Crippen LogP contribution < -0.4 is 11.1 Å². The molecule has 2 rings (SSSR count). The minimum absolute atomic E-state index is 0.0256. The molecule has 0 aromatic rings. The number of hydrogen-bond acceptors (Lipinski definition) is 3. The molecular weight excluding hydrogens is 216 g/mol. The number of carbonyl (C=O) groups excluding carboxylic acids is 1. The topological polar surface area (TPSA) is 64.4 Å². The van der Waals surface area contributed by atoms with Gasteiger partial charge in [0.15, 0.2) is 0 Å². The molecule has 0 radical (unpaired) electrons. The van der Waals surface area contributed by atoms with E-state index in [4.69, 9.17) is 10.5 Å². The van der Waals surface area contributed by atoms with Crippen LogP contribution in [0, 0.1) is 11.3 Å². The minimum atomic E-state index is -0.550. The van der Waals surface area contributed by atoms with Crippen molar-refractivity contribution >= 4 is 5.91 Å². The summed E-state index contributed by atoms with van der Waals surface area (Å²) in [5, 5.41) is 3.02. The molecule has 0 atom stereocenters. The van der Waals surface area contributed by atoms with Gasteiger partial charge in [0.05, 0.1) is 5.54 Å². The normalized spacial score (nSPS) is 24.4. The first-order valence-corrected chi connectivity index (χ1v) is 6.59. The predicted molar refractivity (Wildman–Crippen MR) is 66.5 cm³/mol. The third-order valence-electron chi connectivity index (χ3n) is 4.27. The smallest absolute Gasteiger partial charge is 0.240 e. The summed E-state index contributed by atoms with van der Waals surface area (Å²) in [6.45, 7) is 6.86. The number of ether oxygens (including phenoxy) is 1. The fraction of sp³-hybridized carbons (Fsp3) is 0.923. The van der Waals surface area contributed by atoms with Crippen LogP contribution in [0.4, 0.5) is 0 Å². The molecule has 0 bridgehead atoms. The van der Waals surface area contributed by atoms with E-state index in [2.05, 4.69) is 19.2 Å². The standard InChI is InChI=1S/C13H24N2O2/c1-12(2,10-3-7-17-8-4-10)9-15-11(16)13(14)5-6-13/h10H,3-9,14H2,1-2H3,(H,15,16). The molecule has 1 aliphatic carbocycles. The molecule has 4 nitrogen and oxygen atoms in total. The van der Waals surface area contributed by atoms with Crippen LogP contribution in [0.15, 0.2) is 0 Å². The van der Waals surface area contributed by atoms with Crippen molar-refractivity contribution in [1.29, 1.82) is 0 Å². The van der Waals surface area contributed by atoms with Crippen LogP contribution in [-0.4, -0.2) is 31.2 Å². The second-order valence-electron chi connectivity index (χ2n) is 6.21. The van der Waals surface area contributed by atoms with Crippen molar-refractivity contribution in [2.75, 3.05) is 19.8 Å². The van der Waals surface area contributed by atoms with Crippen LogP contribution in [-0.2, 0) is 9.53 Å². The van der Waals surface area contributed by atoms with Gasteiger partial charge in [-0.25, -0.2) is 0 Å². The van der Waals surface area contributed by atoms with Gasteiger partial charge in [-0.1, -0.05) is 13.8 Å². The third-order valence-corrected chi connectivity index (χ3v) is 4.27. The Morgan fingerprint density at radius 2 is 2.00 bits per heavy atom. The summed E-state index contributed by atoms with van der Waals surface area (Å²) in [7, 11) is 0. The van der Waals surface area contributed by atoms with Crippen molar-refractivity contribution < 1.29 is 9.53 Å². The minimum Gasteiger partial charge on any atom is -0.381 e. The summed E-state index contributed by atoms with van der Waals surface area (Å²) in [6, 6.07) is 0. The molecule has 0 aromatic carbocycles. The average Bonchev–Trinajstić information content (AvgIpc) is 3.07.